The first kappa shape index (κ1) is 21.7. The first-order valence-electron chi connectivity index (χ1n) is 11.7. The number of carbonyl (C=O) groups is 2. The van der Waals surface area contributed by atoms with Crippen molar-refractivity contribution in [2.75, 3.05) is 53.4 Å². The van der Waals surface area contributed by atoms with Gasteiger partial charge in [-0.05, 0) is 22.3 Å². The number of hydrogen-bond acceptors (Lipinski definition) is 5. The summed E-state index contributed by atoms with van der Waals surface area (Å²) in [7, 11) is 3.26. The third-order valence-electron chi connectivity index (χ3n) is 7.11. The zero-order chi connectivity index (χ0) is 23.1. The monoisotopic (exact) mass is 447 g/mol. The van der Waals surface area contributed by atoms with Crippen molar-refractivity contribution < 1.29 is 14.2 Å². The molecule has 1 unspecified atom stereocenters. The van der Waals surface area contributed by atoms with Crippen molar-refractivity contribution in [3.63, 3.8) is 0 Å². The molecule has 3 aliphatic rings. The number of imide groups is 1. The number of amides is 3. The van der Waals surface area contributed by atoms with Gasteiger partial charge in [-0.15, -0.1) is 0 Å². The SMILES string of the molecule is CCN1CCN(CC2=[N+](Cc3cccc4ccccc34)C3C(=O)N(C)C(=O)N(C)C3=N2)CC1. The molecule has 2 fully saturated rings. The van der Waals surface area contributed by atoms with Crippen LogP contribution in [0.3, 0.4) is 0 Å². The first-order valence-corrected chi connectivity index (χ1v) is 11.7. The number of amidine groups is 2. The van der Waals surface area contributed by atoms with Crippen molar-refractivity contribution in [3.05, 3.63) is 48.0 Å². The summed E-state index contributed by atoms with van der Waals surface area (Å²) < 4.78 is 2.10. The van der Waals surface area contributed by atoms with Gasteiger partial charge in [0, 0.05) is 45.8 Å². The third kappa shape index (κ3) is 3.83. The van der Waals surface area contributed by atoms with E-state index in [1.807, 2.05) is 12.1 Å². The average Bonchev–Trinajstić information content (AvgIpc) is 3.20. The zero-order valence-electron chi connectivity index (χ0n) is 19.6. The van der Waals surface area contributed by atoms with Gasteiger partial charge < -0.3 is 4.90 Å². The number of rotatable bonds is 5. The quantitative estimate of drug-likeness (QED) is 0.655. The van der Waals surface area contributed by atoms with Crippen LogP contribution in [0.15, 0.2) is 47.5 Å². The first-order chi connectivity index (χ1) is 16.0. The fourth-order valence-corrected chi connectivity index (χ4v) is 5.04. The number of likely N-dealkylation sites (N-methyl/N-ethyl adjacent to an activating group) is 3. The topological polar surface area (TPSA) is 62.5 Å². The van der Waals surface area contributed by atoms with E-state index < -0.39 is 6.04 Å². The van der Waals surface area contributed by atoms with E-state index in [4.69, 9.17) is 4.99 Å². The van der Waals surface area contributed by atoms with Crippen molar-refractivity contribution in [1.29, 1.82) is 0 Å². The van der Waals surface area contributed by atoms with E-state index in [1.165, 1.54) is 20.6 Å². The van der Waals surface area contributed by atoms with Crippen LogP contribution in [-0.2, 0) is 11.3 Å². The average molecular weight is 448 g/mol. The highest BCUT2D eigenvalue weighted by atomic mass is 16.2. The number of fused-ring (bicyclic) bond motifs is 2. The zero-order valence-corrected chi connectivity index (χ0v) is 19.6. The molecule has 1 atom stereocenters. The minimum absolute atomic E-state index is 0.220. The number of aliphatic imine (C=N–C) groups is 1. The fourth-order valence-electron chi connectivity index (χ4n) is 5.04. The number of carbonyl (C=O) groups excluding carboxylic acids is 2. The summed E-state index contributed by atoms with van der Waals surface area (Å²) >= 11 is 0. The lowest BCUT2D eigenvalue weighted by Gasteiger charge is -2.33. The van der Waals surface area contributed by atoms with Crippen LogP contribution in [0, 0.1) is 0 Å². The Hall–Kier alpha value is -3.10. The highest BCUT2D eigenvalue weighted by Crippen LogP contribution is 2.24. The molecule has 3 heterocycles. The van der Waals surface area contributed by atoms with Gasteiger partial charge in [-0.2, -0.15) is 0 Å². The van der Waals surface area contributed by atoms with Crippen molar-refractivity contribution in [3.8, 4) is 0 Å². The predicted molar refractivity (Wildman–Crippen MR) is 129 cm³/mol. The van der Waals surface area contributed by atoms with Crippen molar-refractivity contribution >= 4 is 34.4 Å². The van der Waals surface area contributed by atoms with Crippen LogP contribution < -0.4 is 0 Å². The second-order valence-electron chi connectivity index (χ2n) is 9.00. The molecule has 8 heteroatoms. The standard InChI is InChI=1S/C25H31N6O2/c1-4-29-12-14-30(15-13-29)17-21-26-23-22(24(32)28(3)25(33)27(23)2)31(21)16-19-10-7-9-18-8-5-6-11-20(18)19/h5-11,22H,4,12-17H2,1-3H3/q+1. The molecule has 0 spiro atoms. The molecule has 2 aromatic carbocycles. The summed E-state index contributed by atoms with van der Waals surface area (Å²) in [5, 5.41) is 2.34. The second kappa shape index (κ2) is 8.68. The van der Waals surface area contributed by atoms with E-state index in [2.05, 4.69) is 51.6 Å². The fraction of sp³-hybridized carbons (Fsp3) is 0.440. The third-order valence-corrected chi connectivity index (χ3v) is 7.11. The predicted octanol–water partition coefficient (Wildman–Crippen LogP) is 1.69. The molecule has 2 aromatic rings. The number of urea groups is 1. The van der Waals surface area contributed by atoms with Crippen LogP contribution in [0.1, 0.15) is 12.5 Å². The van der Waals surface area contributed by atoms with E-state index in [0.29, 0.717) is 18.9 Å². The Labute approximate surface area is 194 Å². The van der Waals surface area contributed by atoms with E-state index in [0.717, 1.165) is 44.1 Å². The second-order valence-corrected chi connectivity index (χ2v) is 9.00. The van der Waals surface area contributed by atoms with Gasteiger partial charge >= 0.3 is 11.9 Å². The summed E-state index contributed by atoms with van der Waals surface area (Å²) in [5.41, 5.74) is 1.15. The Morgan fingerprint density at radius 1 is 0.939 bits per heavy atom. The molecule has 0 saturated carbocycles. The smallest absolute Gasteiger partial charge is 0.301 e. The minimum atomic E-state index is -0.580. The van der Waals surface area contributed by atoms with E-state index in [-0.39, 0.29) is 11.9 Å². The van der Waals surface area contributed by atoms with Gasteiger partial charge in [0.05, 0.1) is 0 Å². The van der Waals surface area contributed by atoms with Crippen LogP contribution in [0.25, 0.3) is 10.8 Å². The highest BCUT2D eigenvalue weighted by Gasteiger charge is 2.53. The Morgan fingerprint density at radius 2 is 1.64 bits per heavy atom. The molecule has 3 aliphatic heterocycles. The van der Waals surface area contributed by atoms with E-state index >= 15 is 0 Å². The Morgan fingerprint density at radius 3 is 2.39 bits per heavy atom. The minimum Gasteiger partial charge on any atom is -0.301 e. The van der Waals surface area contributed by atoms with Crippen molar-refractivity contribution in [2.24, 2.45) is 4.99 Å². The Kier molecular flexibility index (Phi) is 5.72. The van der Waals surface area contributed by atoms with Crippen LogP contribution in [0.4, 0.5) is 4.79 Å². The molecule has 5 rings (SSSR count). The lowest BCUT2D eigenvalue weighted by molar-refractivity contribution is -0.551. The molecule has 0 N–H and O–H groups in total. The normalized spacial score (nSPS) is 22.4. The van der Waals surface area contributed by atoms with Gasteiger partial charge in [0.15, 0.2) is 0 Å². The molecule has 0 aliphatic carbocycles. The van der Waals surface area contributed by atoms with Crippen LogP contribution >= 0.6 is 0 Å². The van der Waals surface area contributed by atoms with E-state index in [9.17, 15) is 9.59 Å². The Balaban J connectivity index is 1.52. The maximum absolute atomic E-state index is 13.3. The Bertz CT molecular complexity index is 1160. The molecule has 172 valence electrons. The highest BCUT2D eigenvalue weighted by molar-refractivity contribution is 6.23. The molecular weight excluding hydrogens is 416 g/mol. The summed E-state index contributed by atoms with van der Waals surface area (Å²) in [5.74, 6) is 1.17. The number of hydrogen-bond donors (Lipinski definition) is 0. The summed E-state index contributed by atoms with van der Waals surface area (Å²) in [6.45, 7) is 8.50. The summed E-state index contributed by atoms with van der Waals surface area (Å²) in [4.78, 5) is 38.3. The molecule has 2 saturated heterocycles. The molecule has 0 radical (unpaired) electrons. The molecule has 0 bridgehead atoms. The van der Waals surface area contributed by atoms with Crippen LogP contribution in [0.5, 0.6) is 0 Å². The molecule has 33 heavy (non-hydrogen) atoms. The summed E-state index contributed by atoms with van der Waals surface area (Å²) in [6.07, 6.45) is 0. The van der Waals surface area contributed by atoms with Gasteiger partial charge in [0.2, 0.25) is 0 Å². The maximum atomic E-state index is 13.3. The van der Waals surface area contributed by atoms with Gasteiger partial charge in [0.25, 0.3) is 17.8 Å². The van der Waals surface area contributed by atoms with E-state index in [1.54, 1.807) is 14.1 Å². The van der Waals surface area contributed by atoms with Gasteiger partial charge in [-0.3, -0.25) is 19.5 Å². The van der Waals surface area contributed by atoms with Crippen molar-refractivity contribution in [2.45, 2.75) is 19.5 Å². The largest absolute Gasteiger partial charge is 0.333 e. The number of nitrogens with zero attached hydrogens (tertiary/aromatic N) is 6. The number of piperazine rings is 1. The molecular formula is C25H31N6O2+. The maximum Gasteiger partial charge on any atom is 0.333 e. The van der Waals surface area contributed by atoms with Gasteiger partial charge in [-0.1, -0.05) is 49.4 Å². The summed E-state index contributed by atoms with van der Waals surface area (Å²) in [6, 6.07) is 13.7. The molecule has 8 nitrogen and oxygen atoms in total. The van der Waals surface area contributed by atoms with Gasteiger partial charge in [0.1, 0.15) is 13.1 Å². The number of benzene rings is 2. The van der Waals surface area contributed by atoms with Gasteiger partial charge in [-0.25, -0.2) is 9.37 Å². The lowest BCUT2D eigenvalue weighted by Crippen LogP contribution is -2.61. The van der Waals surface area contributed by atoms with Crippen molar-refractivity contribution in [1.82, 2.24) is 19.6 Å². The van der Waals surface area contributed by atoms with Crippen LogP contribution in [0.2, 0.25) is 0 Å². The lowest BCUT2D eigenvalue weighted by atomic mass is 10.0. The molecule has 3 amide bonds. The van der Waals surface area contributed by atoms with Crippen LogP contribution in [-0.4, -0.2) is 107 Å². The molecule has 0 aromatic heterocycles.